The van der Waals surface area contributed by atoms with Gasteiger partial charge >= 0.3 is 5.97 Å². The van der Waals surface area contributed by atoms with Crippen LogP contribution in [0.2, 0.25) is 0 Å². The van der Waals surface area contributed by atoms with Gasteiger partial charge in [0.05, 0.1) is 0 Å². The predicted molar refractivity (Wildman–Crippen MR) is 64.8 cm³/mol. The number of ether oxygens (including phenoxy) is 1. The van der Waals surface area contributed by atoms with Crippen LogP contribution in [-0.2, 0) is 9.53 Å². The number of aliphatic hydroxyl groups excluding tert-OH is 1. The summed E-state index contributed by atoms with van der Waals surface area (Å²) in [5.74, 6) is -0.840. The normalized spacial score (nSPS) is 12.8. The number of aliphatic hydroxyl groups is 1. The molecule has 3 heteroatoms. The lowest BCUT2D eigenvalue weighted by Crippen LogP contribution is -2.01. The van der Waals surface area contributed by atoms with Crippen LogP contribution in [0.5, 0.6) is 0 Å². The smallest absolute Gasteiger partial charge is 0.337 e. The highest BCUT2D eigenvalue weighted by Crippen LogP contribution is 2.11. The molecule has 0 rings (SSSR count). The highest BCUT2D eigenvalue weighted by molar-refractivity contribution is 5.81. The van der Waals surface area contributed by atoms with E-state index in [2.05, 4.69) is 17.4 Å². The molecule has 0 aromatic heterocycles. The van der Waals surface area contributed by atoms with E-state index in [-0.39, 0.29) is 11.9 Å². The summed E-state index contributed by atoms with van der Waals surface area (Å²) in [5.41, 5.74) is 1.28. The number of esters is 1. The van der Waals surface area contributed by atoms with Gasteiger partial charge in [0.25, 0.3) is 5.95 Å². The zero-order valence-electron chi connectivity index (χ0n) is 10.2. The highest BCUT2D eigenvalue weighted by Gasteiger charge is 2.04. The first-order chi connectivity index (χ1) is 7.45. The van der Waals surface area contributed by atoms with Crippen molar-refractivity contribution in [3.63, 3.8) is 0 Å². The molecular weight excluding hydrogens is 204 g/mol. The molecule has 1 unspecified atom stereocenters. The van der Waals surface area contributed by atoms with E-state index >= 15 is 0 Å². The monoisotopic (exact) mass is 224 g/mol. The summed E-state index contributed by atoms with van der Waals surface area (Å²) in [6.07, 6.45) is 6.53. The minimum atomic E-state index is -0.648. The molecule has 1 N–H and O–H groups in total. The van der Waals surface area contributed by atoms with Crippen molar-refractivity contribution >= 4 is 5.97 Å². The molecule has 16 heavy (non-hydrogen) atoms. The Labute approximate surface area is 97.1 Å². The quantitative estimate of drug-likeness (QED) is 0.325. The molecule has 0 spiro atoms. The Morgan fingerprint density at radius 3 is 2.62 bits per heavy atom. The Bertz CT molecular complexity index is 296. The van der Waals surface area contributed by atoms with Crippen LogP contribution < -0.4 is 0 Å². The molecule has 90 valence electrons. The van der Waals surface area contributed by atoms with Crippen molar-refractivity contribution in [2.75, 3.05) is 0 Å². The molecule has 0 aliphatic carbocycles. The minimum absolute atomic E-state index is 0.160. The summed E-state index contributed by atoms with van der Waals surface area (Å²) >= 11 is 0. The fraction of sp³-hybridized carbons (Fsp3) is 0.462. The van der Waals surface area contributed by atoms with Crippen molar-refractivity contribution in [1.29, 1.82) is 0 Å². The topological polar surface area (TPSA) is 46.5 Å². The van der Waals surface area contributed by atoms with Crippen LogP contribution in [0.3, 0.4) is 0 Å². The van der Waals surface area contributed by atoms with Gasteiger partial charge in [-0.25, -0.2) is 4.79 Å². The second-order valence-corrected chi connectivity index (χ2v) is 3.97. The molecule has 3 nitrogen and oxygen atoms in total. The predicted octanol–water partition coefficient (Wildman–Crippen LogP) is 3.50. The molecule has 0 saturated carbocycles. The number of hydrogen-bond donors (Lipinski definition) is 1. The van der Waals surface area contributed by atoms with E-state index in [0.29, 0.717) is 0 Å². The fourth-order valence-corrected chi connectivity index (χ4v) is 1.14. The zero-order valence-corrected chi connectivity index (χ0v) is 10.2. The molecule has 0 aliphatic heterocycles. The highest BCUT2D eigenvalue weighted by atomic mass is 16.6. The van der Waals surface area contributed by atoms with Crippen molar-refractivity contribution in [2.45, 2.75) is 33.6 Å². The third-order valence-corrected chi connectivity index (χ3v) is 1.97. The third kappa shape index (κ3) is 7.85. The fourth-order valence-electron chi connectivity index (χ4n) is 1.14. The molecule has 0 fully saturated rings. The summed E-state index contributed by atoms with van der Waals surface area (Å²) in [5, 5.41) is 9.28. The van der Waals surface area contributed by atoms with Gasteiger partial charge in [-0.2, -0.15) is 0 Å². The molecular formula is C13H20O3. The molecule has 0 aromatic carbocycles. The Kier molecular flexibility index (Phi) is 7.01. The molecule has 0 radical (unpaired) electrons. The second-order valence-electron chi connectivity index (χ2n) is 3.97. The molecule has 0 aliphatic rings. The number of rotatable bonds is 6. The van der Waals surface area contributed by atoms with Crippen LogP contribution in [0.1, 0.15) is 33.6 Å². The van der Waals surface area contributed by atoms with Crippen LogP contribution in [0.4, 0.5) is 0 Å². The SMILES string of the molecule is C=CC(=O)O/C(O)=C\C(C)CCC=C(C)C. The summed E-state index contributed by atoms with van der Waals surface area (Å²) in [6.45, 7) is 9.29. The largest absolute Gasteiger partial charge is 0.481 e. The first kappa shape index (κ1) is 14.5. The third-order valence-electron chi connectivity index (χ3n) is 1.97. The molecule has 0 bridgehead atoms. The lowest BCUT2D eigenvalue weighted by atomic mass is 10.0. The van der Waals surface area contributed by atoms with Gasteiger partial charge in [-0.05, 0) is 38.7 Å². The average molecular weight is 224 g/mol. The molecule has 0 aromatic rings. The van der Waals surface area contributed by atoms with Gasteiger partial charge in [0.2, 0.25) is 0 Å². The maximum Gasteiger partial charge on any atom is 0.337 e. The Morgan fingerprint density at radius 2 is 2.12 bits per heavy atom. The first-order valence-corrected chi connectivity index (χ1v) is 5.34. The van der Waals surface area contributed by atoms with E-state index < -0.39 is 5.97 Å². The maximum atomic E-state index is 10.8. The van der Waals surface area contributed by atoms with Crippen LogP contribution in [0, 0.1) is 5.92 Å². The summed E-state index contributed by atoms with van der Waals surface area (Å²) < 4.78 is 4.54. The zero-order chi connectivity index (χ0) is 12.6. The standard InChI is InChI=1S/C13H20O3/c1-5-12(14)16-13(15)9-11(4)8-6-7-10(2)3/h5,7,9,11,15H,1,6,8H2,2-4H3/b13-9-. The second kappa shape index (κ2) is 7.74. The Morgan fingerprint density at radius 1 is 1.50 bits per heavy atom. The molecule has 1 atom stereocenters. The molecule has 0 amide bonds. The molecule has 0 saturated heterocycles. The van der Waals surface area contributed by atoms with Crippen molar-refractivity contribution in [3.8, 4) is 0 Å². The van der Waals surface area contributed by atoms with E-state index in [1.807, 2.05) is 20.8 Å². The minimum Gasteiger partial charge on any atom is -0.481 e. The van der Waals surface area contributed by atoms with Crippen LogP contribution in [0.25, 0.3) is 0 Å². The summed E-state index contributed by atoms with van der Waals surface area (Å²) in [6, 6.07) is 0. The van der Waals surface area contributed by atoms with Crippen molar-refractivity contribution in [3.05, 3.63) is 36.3 Å². The van der Waals surface area contributed by atoms with Crippen LogP contribution in [0.15, 0.2) is 36.3 Å². The van der Waals surface area contributed by atoms with Gasteiger partial charge in [-0.3, -0.25) is 0 Å². The van der Waals surface area contributed by atoms with Crippen LogP contribution >= 0.6 is 0 Å². The lowest BCUT2D eigenvalue weighted by Gasteiger charge is -2.05. The lowest BCUT2D eigenvalue weighted by molar-refractivity contribution is -0.137. The van der Waals surface area contributed by atoms with Crippen molar-refractivity contribution < 1.29 is 14.6 Å². The van der Waals surface area contributed by atoms with Gasteiger partial charge in [0.1, 0.15) is 0 Å². The number of hydrogen-bond acceptors (Lipinski definition) is 3. The number of allylic oxidation sites excluding steroid dienone is 3. The van der Waals surface area contributed by atoms with Crippen molar-refractivity contribution in [1.82, 2.24) is 0 Å². The van der Waals surface area contributed by atoms with Gasteiger partial charge in [-0.15, -0.1) is 0 Å². The van der Waals surface area contributed by atoms with E-state index in [0.717, 1.165) is 18.9 Å². The van der Waals surface area contributed by atoms with Gasteiger partial charge in [0, 0.05) is 6.08 Å². The number of carbonyl (C=O) groups is 1. The summed E-state index contributed by atoms with van der Waals surface area (Å²) in [7, 11) is 0. The van der Waals surface area contributed by atoms with E-state index in [1.165, 1.54) is 11.6 Å². The molecule has 0 heterocycles. The van der Waals surface area contributed by atoms with E-state index in [1.54, 1.807) is 0 Å². The van der Waals surface area contributed by atoms with Gasteiger partial charge in [-0.1, -0.05) is 25.2 Å². The van der Waals surface area contributed by atoms with Crippen LogP contribution in [-0.4, -0.2) is 11.1 Å². The maximum absolute atomic E-state index is 10.8. The average Bonchev–Trinajstić information content (AvgIpc) is 2.16. The van der Waals surface area contributed by atoms with Crippen molar-refractivity contribution in [2.24, 2.45) is 5.92 Å². The van der Waals surface area contributed by atoms with Gasteiger partial charge < -0.3 is 9.84 Å². The number of carbonyl (C=O) groups excluding carboxylic acids is 1. The summed E-state index contributed by atoms with van der Waals surface area (Å²) in [4.78, 5) is 10.8. The first-order valence-electron chi connectivity index (χ1n) is 5.34. The van der Waals surface area contributed by atoms with E-state index in [4.69, 9.17) is 0 Å². The van der Waals surface area contributed by atoms with E-state index in [9.17, 15) is 9.90 Å². The Balaban J connectivity index is 4.05. The Hall–Kier alpha value is -1.51. The van der Waals surface area contributed by atoms with Gasteiger partial charge in [0.15, 0.2) is 0 Å².